The number of nitrogens with zero attached hydrogens (tertiary/aromatic N) is 1. The van der Waals surface area contributed by atoms with Crippen LogP contribution in [0.15, 0.2) is 23.1 Å². The molecule has 0 saturated carbocycles. The Labute approximate surface area is 161 Å². The van der Waals surface area contributed by atoms with Crippen molar-refractivity contribution in [2.45, 2.75) is 31.1 Å². The number of carbonyl (C=O) groups excluding carboxylic acids is 1. The van der Waals surface area contributed by atoms with Crippen LogP contribution >= 0.6 is 12.4 Å². The maximum atomic E-state index is 12.3. The SMILES string of the molecule is CCOc1ccc(S(=O)(=O)N(C)C)cc1NC(=O)CCC1CCNC1.Cl. The molecule has 0 aromatic heterocycles. The van der Waals surface area contributed by atoms with Gasteiger partial charge in [-0.2, -0.15) is 0 Å². The molecule has 1 amide bonds. The fraction of sp³-hybridized carbons (Fsp3) is 0.588. The van der Waals surface area contributed by atoms with Gasteiger partial charge in [0.2, 0.25) is 15.9 Å². The van der Waals surface area contributed by atoms with Crippen molar-refractivity contribution in [3.63, 3.8) is 0 Å². The largest absolute Gasteiger partial charge is 0.492 e. The molecule has 1 aliphatic heterocycles. The topological polar surface area (TPSA) is 87.7 Å². The van der Waals surface area contributed by atoms with E-state index >= 15 is 0 Å². The molecule has 1 aliphatic rings. The smallest absolute Gasteiger partial charge is 0.242 e. The minimum absolute atomic E-state index is 0. The van der Waals surface area contributed by atoms with Crippen LogP contribution in [0.2, 0.25) is 0 Å². The summed E-state index contributed by atoms with van der Waals surface area (Å²) < 4.78 is 31.3. The molecule has 1 aromatic carbocycles. The average Bonchev–Trinajstić information content (AvgIpc) is 3.08. The van der Waals surface area contributed by atoms with Gasteiger partial charge in [0.25, 0.3) is 0 Å². The Bertz CT molecular complexity index is 704. The van der Waals surface area contributed by atoms with E-state index in [1.807, 2.05) is 6.92 Å². The number of anilines is 1. The molecule has 0 spiro atoms. The molecule has 1 fully saturated rings. The molecule has 26 heavy (non-hydrogen) atoms. The maximum Gasteiger partial charge on any atom is 0.242 e. The number of rotatable bonds is 8. The highest BCUT2D eigenvalue weighted by Crippen LogP contribution is 2.29. The molecule has 1 unspecified atom stereocenters. The molecule has 9 heteroatoms. The maximum absolute atomic E-state index is 12.3. The van der Waals surface area contributed by atoms with Crippen LogP contribution in [0.5, 0.6) is 5.75 Å². The van der Waals surface area contributed by atoms with E-state index in [-0.39, 0.29) is 23.2 Å². The Morgan fingerprint density at radius 2 is 2.12 bits per heavy atom. The molecule has 1 heterocycles. The summed E-state index contributed by atoms with van der Waals surface area (Å²) in [5.41, 5.74) is 0.388. The third kappa shape index (κ3) is 5.84. The molecule has 0 radical (unpaired) electrons. The van der Waals surface area contributed by atoms with Crippen molar-refractivity contribution in [3.05, 3.63) is 18.2 Å². The van der Waals surface area contributed by atoms with E-state index < -0.39 is 10.0 Å². The zero-order chi connectivity index (χ0) is 18.4. The van der Waals surface area contributed by atoms with Crippen LogP contribution in [0.1, 0.15) is 26.2 Å². The third-order valence-electron chi connectivity index (χ3n) is 4.25. The van der Waals surface area contributed by atoms with Crippen molar-refractivity contribution in [3.8, 4) is 5.75 Å². The van der Waals surface area contributed by atoms with Crippen molar-refractivity contribution in [2.75, 3.05) is 39.1 Å². The number of hydrogen-bond donors (Lipinski definition) is 2. The van der Waals surface area contributed by atoms with Crippen LogP contribution in [-0.2, 0) is 14.8 Å². The van der Waals surface area contributed by atoms with E-state index in [0.717, 1.165) is 30.2 Å². The van der Waals surface area contributed by atoms with Gasteiger partial charge in [0.05, 0.1) is 17.2 Å². The van der Waals surface area contributed by atoms with Gasteiger partial charge in [-0.1, -0.05) is 0 Å². The van der Waals surface area contributed by atoms with E-state index in [4.69, 9.17) is 4.74 Å². The monoisotopic (exact) mass is 405 g/mol. The highest BCUT2D eigenvalue weighted by atomic mass is 35.5. The molecule has 1 saturated heterocycles. The second-order valence-electron chi connectivity index (χ2n) is 6.32. The normalized spacial score (nSPS) is 17.0. The van der Waals surface area contributed by atoms with Crippen LogP contribution in [-0.4, -0.2) is 52.4 Å². The molecular formula is C17H28ClN3O4S. The van der Waals surface area contributed by atoms with Crippen LogP contribution < -0.4 is 15.4 Å². The highest BCUT2D eigenvalue weighted by molar-refractivity contribution is 7.89. The lowest BCUT2D eigenvalue weighted by Gasteiger charge is -2.16. The molecule has 0 aliphatic carbocycles. The Morgan fingerprint density at radius 1 is 1.38 bits per heavy atom. The van der Waals surface area contributed by atoms with Crippen molar-refractivity contribution in [1.29, 1.82) is 0 Å². The van der Waals surface area contributed by atoms with E-state index in [1.54, 1.807) is 6.07 Å². The molecular weight excluding hydrogens is 378 g/mol. The lowest BCUT2D eigenvalue weighted by molar-refractivity contribution is -0.116. The lowest BCUT2D eigenvalue weighted by atomic mass is 10.0. The van der Waals surface area contributed by atoms with Crippen molar-refractivity contribution < 1.29 is 17.9 Å². The predicted molar refractivity (Wildman–Crippen MR) is 105 cm³/mol. The Morgan fingerprint density at radius 3 is 2.69 bits per heavy atom. The van der Waals surface area contributed by atoms with Gasteiger partial charge >= 0.3 is 0 Å². The van der Waals surface area contributed by atoms with Crippen LogP contribution in [0, 0.1) is 5.92 Å². The molecule has 2 rings (SSSR count). The number of sulfonamides is 1. The van der Waals surface area contributed by atoms with Crippen LogP contribution in [0.25, 0.3) is 0 Å². The summed E-state index contributed by atoms with van der Waals surface area (Å²) in [4.78, 5) is 12.4. The van der Waals surface area contributed by atoms with Crippen molar-refractivity contribution in [2.24, 2.45) is 5.92 Å². The number of hydrogen-bond acceptors (Lipinski definition) is 5. The third-order valence-corrected chi connectivity index (χ3v) is 6.06. The highest BCUT2D eigenvalue weighted by Gasteiger charge is 2.21. The van der Waals surface area contributed by atoms with E-state index in [2.05, 4.69) is 10.6 Å². The first-order valence-corrected chi connectivity index (χ1v) is 9.98. The molecule has 7 nitrogen and oxygen atoms in total. The minimum atomic E-state index is -3.57. The van der Waals surface area contributed by atoms with E-state index in [1.165, 1.54) is 26.2 Å². The van der Waals surface area contributed by atoms with Gasteiger partial charge in [-0.15, -0.1) is 12.4 Å². The average molecular weight is 406 g/mol. The van der Waals surface area contributed by atoms with Gasteiger partial charge in [0.1, 0.15) is 5.75 Å². The quantitative estimate of drug-likeness (QED) is 0.691. The first-order chi connectivity index (χ1) is 11.8. The number of amides is 1. The summed E-state index contributed by atoms with van der Waals surface area (Å²) in [6.45, 7) is 4.22. The van der Waals surface area contributed by atoms with Gasteiger partial charge in [-0.05, 0) is 57.0 Å². The standard InChI is InChI=1S/C17H27N3O4S.ClH/c1-4-24-16-7-6-14(25(22,23)20(2)3)11-15(16)19-17(21)8-5-13-9-10-18-12-13;/h6-7,11,13,18H,4-5,8-10,12H2,1-3H3,(H,19,21);1H. The molecule has 1 aromatic rings. The number of carbonyl (C=O) groups is 1. The summed E-state index contributed by atoms with van der Waals surface area (Å²) in [6, 6.07) is 4.52. The first kappa shape index (κ1) is 22.7. The van der Waals surface area contributed by atoms with Crippen molar-refractivity contribution in [1.82, 2.24) is 9.62 Å². The van der Waals surface area contributed by atoms with Gasteiger partial charge < -0.3 is 15.4 Å². The van der Waals surface area contributed by atoms with Crippen molar-refractivity contribution >= 4 is 34.0 Å². The van der Waals surface area contributed by atoms with Gasteiger partial charge in [0.15, 0.2) is 0 Å². The Balaban J connectivity index is 0.00000338. The molecule has 1 atom stereocenters. The Kier molecular flexibility index (Phi) is 8.82. The van der Waals surface area contributed by atoms with E-state index in [9.17, 15) is 13.2 Å². The zero-order valence-electron chi connectivity index (χ0n) is 15.4. The molecule has 2 N–H and O–H groups in total. The number of nitrogens with one attached hydrogen (secondary N) is 2. The van der Waals surface area contributed by atoms with Gasteiger partial charge in [-0.3, -0.25) is 4.79 Å². The fourth-order valence-electron chi connectivity index (χ4n) is 2.77. The second-order valence-corrected chi connectivity index (χ2v) is 8.48. The van der Waals surface area contributed by atoms with Crippen LogP contribution in [0.3, 0.4) is 0 Å². The van der Waals surface area contributed by atoms with Gasteiger partial charge in [0, 0.05) is 20.5 Å². The zero-order valence-corrected chi connectivity index (χ0v) is 17.1. The Hall–Kier alpha value is -1.35. The lowest BCUT2D eigenvalue weighted by Crippen LogP contribution is -2.22. The fourth-order valence-corrected chi connectivity index (χ4v) is 3.70. The first-order valence-electron chi connectivity index (χ1n) is 8.54. The second kappa shape index (κ2) is 10.1. The van der Waals surface area contributed by atoms with E-state index in [0.29, 0.717) is 30.4 Å². The predicted octanol–water partition coefficient (Wildman–Crippen LogP) is 2.09. The number of ether oxygens (including phenoxy) is 1. The summed E-state index contributed by atoms with van der Waals surface area (Å²) in [7, 11) is -0.630. The minimum Gasteiger partial charge on any atom is -0.492 e. The van der Waals surface area contributed by atoms with Gasteiger partial charge in [-0.25, -0.2) is 12.7 Å². The summed E-state index contributed by atoms with van der Waals surface area (Å²) >= 11 is 0. The molecule has 148 valence electrons. The van der Waals surface area contributed by atoms with Crippen LogP contribution in [0.4, 0.5) is 5.69 Å². The summed E-state index contributed by atoms with van der Waals surface area (Å²) in [5, 5.41) is 6.09. The number of halogens is 1. The summed E-state index contributed by atoms with van der Waals surface area (Å²) in [5.74, 6) is 0.862. The number of benzene rings is 1. The molecule has 0 bridgehead atoms. The summed E-state index contributed by atoms with van der Waals surface area (Å²) in [6.07, 6.45) is 2.31.